The summed E-state index contributed by atoms with van der Waals surface area (Å²) in [5.41, 5.74) is 4.42. The Morgan fingerprint density at radius 3 is 2.94 bits per heavy atom. The molecule has 5 rings (SSSR count). The first-order valence-electron chi connectivity index (χ1n) is 10.9. The van der Waals surface area contributed by atoms with Crippen LogP contribution in [0.25, 0.3) is 22.2 Å². The van der Waals surface area contributed by atoms with Gasteiger partial charge in [0.2, 0.25) is 5.91 Å². The normalized spacial score (nSPS) is 18.1. The molecule has 2 aliphatic rings. The van der Waals surface area contributed by atoms with E-state index in [1.807, 2.05) is 17.0 Å². The van der Waals surface area contributed by atoms with Crippen molar-refractivity contribution in [3.8, 4) is 11.1 Å². The minimum Gasteiger partial charge on any atom is -0.379 e. The van der Waals surface area contributed by atoms with Gasteiger partial charge in [-0.15, -0.1) is 0 Å². The highest BCUT2D eigenvalue weighted by atomic mass is 19.1. The van der Waals surface area contributed by atoms with Gasteiger partial charge in [0, 0.05) is 47.5 Å². The van der Waals surface area contributed by atoms with Gasteiger partial charge in [0.1, 0.15) is 11.5 Å². The molecule has 1 aromatic carbocycles. The standard InChI is InChI=1S/C24H27FN4O2/c1-16-20-12-17(19-4-2-3-5-21(19)25)13-27-24(20)29-10-9-28(14-22(16)29)23(30)7-11-31-15-18-6-8-26-18/h2-5,12-13,18,26H,6-11,14-15H2,1H3. The highest BCUT2D eigenvalue weighted by Gasteiger charge is 2.26. The number of ether oxygens (including phenoxy) is 1. The predicted octanol–water partition coefficient (Wildman–Crippen LogP) is 3.26. The third-order valence-corrected chi connectivity index (χ3v) is 6.46. The molecular weight excluding hydrogens is 395 g/mol. The number of aryl methyl sites for hydroxylation is 1. The van der Waals surface area contributed by atoms with Gasteiger partial charge in [0.25, 0.3) is 0 Å². The minimum absolute atomic E-state index is 0.123. The number of carbonyl (C=O) groups is 1. The summed E-state index contributed by atoms with van der Waals surface area (Å²) in [4.78, 5) is 19.3. The molecule has 0 radical (unpaired) electrons. The highest BCUT2D eigenvalue weighted by Crippen LogP contribution is 2.32. The summed E-state index contributed by atoms with van der Waals surface area (Å²) in [6, 6.07) is 9.21. The molecule has 2 aliphatic heterocycles. The molecule has 0 spiro atoms. The number of hydrogen-bond donors (Lipinski definition) is 1. The predicted molar refractivity (Wildman–Crippen MR) is 117 cm³/mol. The van der Waals surface area contributed by atoms with E-state index in [0.29, 0.717) is 50.9 Å². The van der Waals surface area contributed by atoms with E-state index in [1.54, 1.807) is 18.3 Å². The number of rotatable bonds is 6. The molecule has 2 aromatic heterocycles. The Kier molecular flexibility index (Phi) is 5.46. The molecule has 1 unspecified atom stereocenters. The first kappa shape index (κ1) is 20.2. The van der Waals surface area contributed by atoms with Crippen LogP contribution in [0.1, 0.15) is 24.1 Å². The van der Waals surface area contributed by atoms with Crippen molar-refractivity contribution in [3.05, 3.63) is 53.6 Å². The number of pyridine rings is 1. The van der Waals surface area contributed by atoms with Gasteiger partial charge in [-0.1, -0.05) is 18.2 Å². The van der Waals surface area contributed by atoms with Crippen LogP contribution in [-0.4, -0.2) is 52.7 Å². The molecule has 4 heterocycles. The second kappa shape index (κ2) is 8.40. The van der Waals surface area contributed by atoms with Crippen molar-refractivity contribution in [2.24, 2.45) is 0 Å². The summed E-state index contributed by atoms with van der Waals surface area (Å²) in [5, 5.41) is 4.31. The fraction of sp³-hybridized carbons (Fsp3) is 0.417. The zero-order chi connectivity index (χ0) is 21.4. The van der Waals surface area contributed by atoms with Crippen molar-refractivity contribution in [2.75, 3.05) is 26.3 Å². The Hall–Kier alpha value is -2.77. The Morgan fingerprint density at radius 1 is 1.32 bits per heavy atom. The minimum atomic E-state index is -0.252. The second-order valence-corrected chi connectivity index (χ2v) is 8.38. The summed E-state index contributed by atoms with van der Waals surface area (Å²) in [5.74, 6) is -0.130. The van der Waals surface area contributed by atoms with E-state index in [9.17, 15) is 9.18 Å². The fourth-order valence-electron chi connectivity index (χ4n) is 4.45. The second-order valence-electron chi connectivity index (χ2n) is 8.38. The zero-order valence-electron chi connectivity index (χ0n) is 17.7. The van der Waals surface area contributed by atoms with Crippen LogP contribution in [0.4, 0.5) is 4.39 Å². The van der Waals surface area contributed by atoms with Gasteiger partial charge in [-0.2, -0.15) is 0 Å². The van der Waals surface area contributed by atoms with Gasteiger partial charge >= 0.3 is 0 Å². The lowest BCUT2D eigenvalue weighted by atomic mass is 10.0. The van der Waals surface area contributed by atoms with Crippen LogP contribution in [0.15, 0.2) is 36.5 Å². The molecule has 1 saturated heterocycles. The Bertz CT molecular complexity index is 1120. The molecule has 7 heteroatoms. The Labute approximate surface area is 181 Å². The van der Waals surface area contributed by atoms with E-state index < -0.39 is 0 Å². The van der Waals surface area contributed by atoms with Crippen molar-refractivity contribution < 1.29 is 13.9 Å². The van der Waals surface area contributed by atoms with Crippen molar-refractivity contribution in [3.63, 3.8) is 0 Å². The Balaban J connectivity index is 1.32. The van der Waals surface area contributed by atoms with E-state index in [1.165, 1.54) is 6.07 Å². The van der Waals surface area contributed by atoms with E-state index >= 15 is 0 Å². The van der Waals surface area contributed by atoms with Gasteiger partial charge < -0.3 is 19.5 Å². The molecule has 6 nitrogen and oxygen atoms in total. The SMILES string of the molecule is Cc1c2n(c3ncc(-c4ccccc4F)cc13)CCN(C(=O)CCOCC1CCN1)C2. The topological polar surface area (TPSA) is 59.4 Å². The molecule has 1 atom stereocenters. The van der Waals surface area contributed by atoms with Crippen LogP contribution in [0.5, 0.6) is 0 Å². The van der Waals surface area contributed by atoms with Crippen LogP contribution in [0.2, 0.25) is 0 Å². The molecule has 31 heavy (non-hydrogen) atoms. The number of benzene rings is 1. The average molecular weight is 423 g/mol. The third kappa shape index (κ3) is 3.83. The number of hydrogen-bond acceptors (Lipinski definition) is 4. The quantitative estimate of drug-likeness (QED) is 0.620. The monoisotopic (exact) mass is 422 g/mol. The van der Waals surface area contributed by atoms with Gasteiger partial charge in [-0.25, -0.2) is 9.37 Å². The van der Waals surface area contributed by atoms with E-state index in [2.05, 4.69) is 21.8 Å². The number of nitrogens with zero attached hydrogens (tertiary/aromatic N) is 3. The van der Waals surface area contributed by atoms with Crippen LogP contribution >= 0.6 is 0 Å². The van der Waals surface area contributed by atoms with Gasteiger partial charge in [-0.3, -0.25) is 4.79 Å². The first-order chi connectivity index (χ1) is 15.1. The summed E-state index contributed by atoms with van der Waals surface area (Å²) in [6.45, 7) is 6.20. The van der Waals surface area contributed by atoms with Crippen LogP contribution in [0.3, 0.4) is 0 Å². The van der Waals surface area contributed by atoms with Crippen molar-refractivity contribution in [1.82, 2.24) is 19.8 Å². The van der Waals surface area contributed by atoms with Crippen LogP contribution in [0, 0.1) is 12.7 Å². The summed E-state index contributed by atoms with van der Waals surface area (Å²) < 4.78 is 22.1. The smallest absolute Gasteiger partial charge is 0.225 e. The largest absolute Gasteiger partial charge is 0.379 e. The average Bonchev–Trinajstić information content (AvgIpc) is 3.03. The number of amides is 1. The highest BCUT2D eigenvalue weighted by molar-refractivity contribution is 5.87. The molecule has 1 N–H and O–H groups in total. The van der Waals surface area contributed by atoms with Crippen molar-refractivity contribution in [1.29, 1.82) is 0 Å². The summed E-state index contributed by atoms with van der Waals surface area (Å²) in [6.07, 6.45) is 3.29. The molecule has 0 bridgehead atoms. The number of aromatic nitrogens is 2. The number of nitrogens with one attached hydrogen (secondary N) is 1. The lowest BCUT2D eigenvalue weighted by molar-refractivity contribution is -0.133. The number of halogens is 1. The van der Waals surface area contributed by atoms with Crippen LogP contribution in [-0.2, 0) is 22.6 Å². The van der Waals surface area contributed by atoms with Crippen molar-refractivity contribution >= 4 is 16.9 Å². The van der Waals surface area contributed by atoms with E-state index in [4.69, 9.17) is 4.74 Å². The van der Waals surface area contributed by atoms with Gasteiger partial charge in [-0.05, 0) is 37.6 Å². The molecular formula is C24H27FN4O2. The van der Waals surface area contributed by atoms with E-state index in [0.717, 1.165) is 40.8 Å². The third-order valence-electron chi connectivity index (χ3n) is 6.46. The Morgan fingerprint density at radius 2 is 2.16 bits per heavy atom. The number of fused-ring (bicyclic) bond motifs is 3. The molecule has 162 valence electrons. The molecule has 1 amide bonds. The lowest BCUT2D eigenvalue weighted by Crippen LogP contribution is -2.46. The maximum atomic E-state index is 14.2. The maximum Gasteiger partial charge on any atom is 0.225 e. The summed E-state index contributed by atoms with van der Waals surface area (Å²) in [7, 11) is 0. The van der Waals surface area contributed by atoms with Crippen molar-refractivity contribution in [2.45, 2.75) is 38.9 Å². The van der Waals surface area contributed by atoms with E-state index in [-0.39, 0.29) is 11.7 Å². The molecule has 3 aromatic rings. The zero-order valence-corrected chi connectivity index (χ0v) is 17.7. The molecule has 0 aliphatic carbocycles. The fourth-order valence-corrected chi connectivity index (χ4v) is 4.45. The van der Waals surface area contributed by atoms with Gasteiger partial charge in [0.05, 0.1) is 26.2 Å². The maximum absolute atomic E-state index is 14.2. The summed E-state index contributed by atoms with van der Waals surface area (Å²) >= 11 is 0. The molecule has 1 fully saturated rings. The van der Waals surface area contributed by atoms with Crippen LogP contribution < -0.4 is 5.32 Å². The molecule has 0 saturated carbocycles. The lowest BCUT2D eigenvalue weighted by Gasteiger charge is -2.30. The van der Waals surface area contributed by atoms with Gasteiger partial charge in [0.15, 0.2) is 0 Å². The number of carbonyl (C=O) groups excluding carboxylic acids is 1. The first-order valence-corrected chi connectivity index (χ1v) is 10.9.